The maximum Gasteiger partial charge on any atom is 0.231 e. The quantitative estimate of drug-likeness (QED) is 0.893. The van der Waals surface area contributed by atoms with Gasteiger partial charge in [-0.25, -0.2) is 0 Å². The molecule has 132 valence electrons. The van der Waals surface area contributed by atoms with E-state index in [0.717, 1.165) is 49.5 Å². The highest BCUT2D eigenvalue weighted by Crippen LogP contribution is 2.32. The topological polar surface area (TPSA) is 50.8 Å². The number of nitrogens with zero attached hydrogens (tertiary/aromatic N) is 1. The average molecular weight is 358 g/mol. The fraction of sp³-hybridized carbons (Fsp3) is 0.421. The predicted molar refractivity (Wildman–Crippen MR) is 97.0 cm³/mol. The van der Waals surface area contributed by atoms with Crippen LogP contribution in [0.1, 0.15) is 23.3 Å². The van der Waals surface area contributed by atoms with Gasteiger partial charge in [0.2, 0.25) is 12.7 Å². The number of benzene rings is 1. The molecule has 0 aliphatic carbocycles. The van der Waals surface area contributed by atoms with Gasteiger partial charge in [-0.1, -0.05) is 12.1 Å². The Balaban J connectivity index is 1.29. The van der Waals surface area contributed by atoms with Gasteiger partial charge in [-0.05, 0) is 48.5 Å². The highest BCUT2D eigenvalue weighted by molar-refractivity contribution is 7.09. The third-order valence-electron chi connectivity index (χ3n) is 4.63. The van der Waals surface area contributed by atoms with Crippen LogP contribution in [0.4, 0.5) is 0 Å². The van der Waals surface area contributed by atoms with Gasteiger partial charge in [-0.15, -0.1) is 11.3 Å². The van der Waals surface area contributed by atoms with Crippen molar-refractivity contribution in [2.75, 3.05) is 19.9 Å². The first-order chi connectivity index (χ1) is 12.3. The normalized spacial score (nSPS) is 19.8. The summed E-state index contributed by atoms with van der Waals surface area (Å²) in [6.45, 7) is 3.26. The number of nitrogens with one attached hydrogen (secondary N) is 1. The molecule has 4 rings (SSSR count). The molecule has 0 saturated carbocycles. The standard InChI is InChI=1S/C19H22N2O3S/c22-19(10-14-5-6-17-18(9-14)24-13-23-17)20-15-3-1-7-21(11-15)12-16-4-2-8-25-16/h2,4-6,8-9,15H,1,3,7,10-13H2,(H,20,22). The number of fused-ring (bicyclic) bond motifs is 1. The van der Waals surface area contributed by atoms with Crippen molar-refractivity contribution in [2.24, 2.45) is 0 Å². The van der Waals surface area contributed by atoms with Gasteiger partial charge in [-0.3, -0.25) is 9.69 Å². The summed E-state index contributed by atoms with van der Waals surface area (Å²) >= 11 is 1.79. The van der Waals surface area contributed by atoms with Gasteiger partial charge in [0.05, 0.1) is 6.42 Å². The number of thiophene rings is 1. The van der Waals surface area contributed by atoms with E-state index in [9.17, 15) is 4.79 Å². The Hall–Kier alpha value is -2.05. The molecule has 25 heavy (non-hydrogen) atoms. The molecule has 0 radical (unpaired) electrons. The second-order valence-electron chi connectivity index (χ2n) is 6.59. The van der Waals surface area contributed by atoms with Crippen LogP contribution in [-0.2, 0) is 17.8 Å². The summed E-state index contributed by atoms with van der Waals surface area (Å²) in [7, 11) is 0. The van der Waals surface area contributed by atoms with E-state index in [1.165, 1.54) is 4.88 Å². The molecule has 1 aromatic heterocycles. The zero-order valence-electron chi connectivity index (χ0n) is 14.1. The van der Waals surface area contributed by atoms with E-state index in [-0.39, 0.29) is 18.7 Å². The van der Waals surface area contributed by atoms with Gasteiger partial charge < -0.3 is 14.8 Å². The minimum absolute atomic E-state index is 0.0711. The molecule has 2 aliphatic rings. The molecule has 1 fully saturated rings. The minimum Gasteiger partial charge on any atom is -0.454 e. The number of hydrogen-bond donors (Lipinski definition) is 1. The highest BCUT2D eigenvalue weighted by atomic mass is 32.1. The van der Waals surface area contributed by atoms with Crippen LogP contribution in [-0.4, -0.2) is 36.7 Å². The molecule has 2 aliphatic heterocycles. The summed E-state index contributed by atoms with van der Waals surface area (Å²) in [5.41, 5.74) is 0.952. The second kappa shape index (κ2) is 7.45. The van der Waals surface area contributed by atoms with Gasteiger partial charge in [0.15, 0.2) is 11.5 Å². The van der Waals surface area contributed by atoms with E-state index < -0.39 is 0 Å². The lowest BCUT2D eigenvalue weighted by Crippen LogP contribution is -2.47. The van der Waals surface area contributed by atoms with Crippen molar-refractivity contribution < 1.29 is 14.3 Å². The maximum absolute atomic E-state index is 12.4. The number of amides is 1. The van der Waals surface area contributed by atoms with Crippen LogP contribution in [0.3, 0.4) is 0 Å². The lowest BCUT2D eigenvalue weighted by atomic mass is 10.0. The molecule has 0 bridgehead atoms. The number of carbonyl (C=O) groups is 1. The number of hydrogen-bond acceptors (Lipinski definition) is 5. The van der Waals surface area contributed by atoms with Crippen LogP contribution >= 0.6 is 11.3 Å². The molecule has 2 aromatic rings. The van der Waals surface area contributed by atoms with E-state index in [0.29, 0.717) is 6.42 Å². The molecule has 1 saturated heterocycles. The Morgan fingerprint density at radius 2 is 2.20 bits per heavy atom. The predicted octanol–water partition coefficient (Wildman–Crippen LogP) is 2.80. The number of ether oxygens (including phenoxy) is 2. The summed E-state index contributed by atoms with van der Waals surface area (Å²) in [6, 6.07) is 10.2. The maximum atomic E-state index is 12.4. The van der Waals surface area contributed by atoms with Crippen molar-refractivity contribution >= 4 is 17.2 Å². The first-order valence-electron chi connectivity index (χ1n) is 8.69. The van der Waals surface area contributed by atoms with Gasteiger partial charge in [0.1, 0.15) is 0 Å². The van der Waals surface area contributed by atoms with Crippen LogP contribution in [0.5, 0.6) is 11.5 Å². The number of likely N-dealkylation sites (tertiary alicyclic amines) is 1. The molecule has 0 spiro atoms. The summed E-state index contributed by atoms with van der Waals surface area (Å²) in [6.07, 6.45) is 2.55. The SMILES string of the molecule is O=C(Cc1ccc2c(c1)OCO2)NC1CCCN(Cc2cccs2)C1. The van der Waals surface area contributed by atoms with Gasteiger partial charge in [0.25, 0.3) is 0 Å². The van der Waals surface area contributed by atoms with Crippen molar-refractivity contribution in [3.63, 3.8) is 0 Å². The van der Waals surface area contributed by atoms with Crippen LogP contribution in [0.15, 0.2) is 35.7 Å². The molecule has 6 heteroatoms. The third-order valence-corrected chi connectivity index (χ3v) is 5.49. The molecule has 1 aromatic carbocycles. The Morgan fingerprint density at radius 3 is 3.08 bits per heavy atom. The largest absolute Gasteiger partial charge is 0.454 e. The Bertz CT molecular complexity index is 732. The van der Waals surface area contributed by atoms with Crippen molar-refractivity contribution in [3.05, 3.63) is 46.2 Å². The van der Waals surface area contributed by atoms with Crippen molar-refractivity contribution in [1.29, 1.82) is 0 Å². The van der Waals surface area contributed by atoms with E-state index in [4.69, 9.17) is 9.47 Å². The third kappa shape index (κ3) is 4.14. The van der Waals surface area contributed by atoms with Crippen LogP contribution < -0.4 is 14.8 Å². The molecular formula is C19H22N2O3S. The second-order valence-corrected chi connectivity index (χ2v) is 7.62. The first kappa shape index (κ1) is 16.4. The van der Waals surface area contributed by atoms with Gasteiger partial charge in [-0.2, -0.15) is 0 Å². The summed E-state index contributed by atoms with van der Waals surface area (Å²) in [5.74, 6) is 1.55. The number of carbonyl (C=O) groups excluding carboxylic acids is 1. The van der Waals surface area contributed by atoms with E-state index in [2.05, 4.69) is 27.7 Å². The Morgan fingerprint density at radius 1 is 1.28 bits per heavy atom. The number of piperidine rings is 1. The van der Waals surface area contributed by atoms with E-state index >= 15 is 0 Å². The molecule has 3 heterocycles. The molecule has 1 amide bonds. The molecule has 1 atom stereocenters. The van der Waals surface area contributed by atoms with Crippen LogP contribution in [0.25, 0.3) is 0 Å². The lowest BCUT2D eigenvalue weighted by Gasteiger charge is -2.32. The summed E-state index contributed by atoms with van der Waals surface area (Å²) < 4.78 is 10.7. The van der Waals surface area contributed by atoms with Crippen molar-refractivity contribution in [3.8, 4) is 11.5 Å². The first-order valence-corrected chi connectivity index (χ1v) is 9.57. The molecule has 1 N–H and O–H groups in total. The molecule has 5 nitrogen and oxygen atoms in total. The summed E-state index contributed by atoms with van der Waals surface area (Å²) in [5, 5.41) is 5.31. The Kier molecular flexibility index (Phi) is 4.90. The fourth-order valence-corrected chi connectivity index (χ4v) is 4.20. The van der Waals surface area contributed by atoms with E-state index in [1.807, 2.05) is 18.2 Å². The molecular weight excluding hydrogens is 336 g/mol. The fourth-order valence-electron chi connectivity index (χ4n) is 3.45. The van der Waals surface area contributed by atoms with Crippen LogP contribution in [0, 0.1) is 0 Å². The van der Waals surface area contributed by atoms with E-state index in [1.54, 1.807) is 11.3 Å². The summed E-state index contributed by atoms with van der Waals surface area (Å²) in [4.78, 5) is 16.2. The van der Waals surface area contributed by atoms with Crippen LogP contribution in [0.2, 0.25) is 0 Å². The lowest BCUT2D eigenvalue weighted by molar-refractivity contribution is -0.121. The van der Waals surface area contributed by atoms with Crippen molar-refractivity contribution in [1.82, 2.24) is 10.2 Å². The average Bonchev–Trinajstić information content (AvgIpc) is 3.26. The van der Waals surface area contributed by atoms with Gasteiger partial charge >= 0.3 is 0 Å². The smallest absolute Gasteiger partial charge is 0.231 e. The number of rotatable bonds is 5. The highest BCUT2D eigenvalue weighted by Gasteiger charge is 2.22. The molecule has 1 unspecified atom stereocenters. The zero-order chi connectivity index (χ0) is 17.1. The Labute approximate surface area is 151 Å². The minimum atomic E-state index is 0.0711. The zero-order valence-corrected chi connectivity index (χ0v) is 14.9. The van der Waals surface area contributed by atoms with Crippen molar-refractivity contribution in [2.45, 2.75) is 31.8 Å². The monoisotopic (exact) mass is 358 g/mol. The van der Waals surface area contributed by atoms with Gasteiger partial charge in [0, 0.05) is 24.0 Å².